The van der Waals surface area contributed by atoms with Crippen molar-refractivity contribution < 1.29 is 12.6 Å². The number of aliphatic imine (C=N–C) groups is 1. The van der Waals surface area contributed by atoms with Gasteiger partial charge in [0, 0.05) is 34.4 Å². The van der Waals surface area contributed by atoms with Crippen LogP contribution in [0.3, 0.4) is 0 Å². The summed E-state index contributed by atoms with van der Waals surface area (Å²) in [5.41, 5.74) is 0.821. The smallest absolute Gasteiger partial charge is 0.240 e. The number of nitrogens with zero attached hydrogens (tertiary/aromatic N) is 1. The van der Waals surface area contributed by atoms with Gasteiger partial charge in [-0.3, -0.25) is 4.21 Å². The lowest BCUT2D eigenvalue weighted by molar-refractivity contribution is 0.413. The summed E-state index contributed by atoms with van der Waals surface area (Å²) in [6, 6.07) is 7.05. The average Bonchev–Trinajstić information content (AvgIpc) is 2.72. The molecule has 0 bridgehead atoms. The second-order valence-electron chi connectivity index (χ2n) is 6.85. The highest BCUT2D eigenvalue weighted by molar-refractivity contribution is 7.89. The van der Waals surface area contributed by atoms with Gasteiger partial charge in [0.1, 0.15) is 0 Å². The van der Waals surface area contributed by atoms with Crippen molar-refractivity contribution in [1.82, 2.24) is 15.4 Å². The van der Waals surface area contributed by atoms with Gasteiger partial charge in [0.15, 0.2) is 5.96 Å². The minimum absolute atomic E-state index is 0.234. The summed E-state index contributed by atoms with van der Waals surface area (Å²) in [5.74, 6) is 1.41. The van der Waals surface area contributed by atoms with E-state index in [4.69, 9.17) is 0 Å². The summed E-state index contributed by atoms with van der Waals surface area (Å²) in [7, 11) is -2.83. The van der Waals surface area contributed by atoms with Crippen molar-refractivity contribution in [2.24, 2.45) is 4.99 Å². The van der Waals surface area contributed by atoms with Crippen LogP contribution in [0, 0.1) is 0 Å². The van der Waals surface area contributed by atoms with E-state index in [9.17, 15) is 12.6 Å². The predicted molar refractivity (Wildman–Crippen MR) is 115 cm³/mol. The van der Waals surface area contributed by atoms with Crippen LogP contribution < -0.4 is 15.4 Å². The van der Waals surface area contributed by atoms with Gasteiger partial charge in [0.05, 0.1) is 11.4 Å². The van der Waals surface area contributed by atoms with Crippen LogP contribution in [-0.4, -0.2) is 49.2 Å². The zero-order valence-electron chi connectivity index (χ0n) is 16.9. The first-order valence-electron chi connectivity index (χ1n) is 9.84. The minimum Gasteiger partial charge on any atom is -0.357 e. The van der Waals surface area contributed by atoms with Crippen molar-refractivity contribution in [1.29, 1.82) is 0 Å². The Kier molecular flexibility index (Phi) is 8.91. The molecule has 7 nitrogen and oxygen atoms in total. The van der Waals surface area contributed by atoms with Gasteiger partial charge in [-0.25, -0.2) is 18.1 Å². The van der Waals surface area contributed by atoms with Crippen molar-refractivity contribution in [3.63, 3.8) is 0 Å². The number of guanidine groups is 1. The molecule has 0 aliphatic heterocycles. The molecule has 1 aromatic rings. The molecule has 0 aromatic heterocycles. The van der Waals surface area contributed by atoms with Crippen molar-refractivity contribution in [3.05, 3.63) is 29.8 Å². The van der Waals surface area contributed by atoms with E-state index in [1.165, 1.54) is 7.05 Å². The second-order valence-corrected chi connectivity index (χ2v) is 10.7. The molecule has 3 N–H and O–H groups in total. The lowest BCUT2D eigenvalue weighted by Gasteiger charge is -2.30. The highest BCUT2D eigenvalue weighted by Gasteiger charge is 2.26. The van der Waals surface area contributed by atoms with Crippen molar-refractivity contribution in [2.45, 2.75) is 62.3 Å². The third kappa shape index (κ3) is 6.56. The Bertz CT molecular complexity index is 796. The third-order valence-corrected chi connectivity index (χ3v) is 8.02. The summed E-state index contributed by atoms with van der Waals surface area (Å²) in [4.78, 5) is 4.85. The highest BCUT2D eigenvalue weighted by atomic mass is 32.2. The molecule has 1 fully saturated rings. The average molecular weight is 429 g/mol. The van der Waals surface area contributed by atoms with Crippen molar-refractivity contribution >= 4 is 26.8 Å². The van der Waals surface area contributed by atoms with Crippen LogP contribution >= 0.6 is 0 Å². The number of benzene rings is 1. The standard InChI is InChI=1S/C19H32N4O3S2/c1-4-21-19(23-16-9-7-10-17(13-16)27(24)5-2)22-14-15-8-6-11-18(12-15)28(25,26)20-3/h6,8,11-12,16-17,20H,4-5,7,9-10,13-14H2,1-3H3,(H2,21,22,23). The first-order valence-corrected chi connectivity index (χ1v) is 12.7. The van der Waals surface area contributed by atoms with Crippen LogP contribution in [-0.2, 0) is 27.4 Å². The molecule has 2 rings (SSSR count). The summed E-state index contributed by atoms with van der Waals surface area (Å²) in [5, 5.41) is 6.96. The lowest BCUT2D eigenvalue weighted by atomic mass is 9.95. The van der Waals surface area contributed by atoms with Gasteiger partial charge in [-0.2, -0.15) is 0 Å². The SMILES string of the molecule is CCNC(=NCc1cccc(S(=O)(=O)NC)c1)NC1CCCC(S(=O)CC)C1. The van der Waals surface area contributed by atoms with Crippen LogP contribution in [0.2, 0.25) is 0 Å². The van der Waals surface area contributed by atoms with Gasteiger partial charge in [-0.1, -0.05) is 25.5 Å². The largest absolute Gasteiger partial charge is 0.357 e. The quantitative estimate of drug-likeness (QED) is 0.433. The first-order chi connectivity index (χ1) is 13.4. The van der Waals surface area contributed by atoms with Crippen molar-refractivity contribution in [2.75, 3.05) is 19.3 Å². The molecule has 0 spiro atoms. The van der Waals surface area contributed by atoms with E-state index in [0.29, 0.717) is 18.3 Å². The monoisotopic (exact) mass is 428 g/mol. The van der Waals surface area contributed by atoms with Gasteiger partial charge in [0.2, 0.25) is 10.0 Å². The number of nitrogens with one attached hydrogen (secondary N) is 3. The Labute approximate surface area is 171 Å². The van der Waals surface area contributed by atoms with E-state index >= 15 is 0 Å². The van der Waals surface area contributed by atoms with E-state index < -0.39 is 20.8 Å². The Balaban J connectivity index is 2.06. The maximum Gasteiger partial charge on any atom is 0.240 e. The molecule has 0 heterocycles. The van der Waals surface area contributed by atoms with Crippen LogP contribution in [0.15, 0.2) is 34.2 Å². The van der Waals surface area contributed by atoms with Gasteiger partial charge in [-0.15, -0.1) is 0 Å². The molecule has 1 saturated carbocycles. The molecule has 0 radical (unpaired) electrons. The predicted octanol–water partition coefficient (Wildman–Crippen LogP) is 1.73. The van der Waals surface area contributed by atoms with Crippen LogP contribution in [0.5, 0.6) is 0 Å². The summed E-state index contributed by atoms with van der Waals surface area (Å²) in [6.45, 7) is 5.09. The van der Waals surface area contributed by atoms with E-state index in [2.05, 4.69) is 20.3 Å². The zero-order valence-corrected chi connectivity index (χ0v) is 18.5. The summed E-state index contributed by atoms with van der Waals surface area (Å²) >= 11 is 0. The second kappa shape index (κ2) is 10.9. The van der Waals surface area contributed by atoms with E-state index in [1.54, 1.807) is 18.2 Å². The maximum absolute atomic E-state index is 12.2. The molecule has 3 unspecified atom stereocenters. The topological polar surface area (TPSA) is 99.7 Å². The molecule has 1 aromatic carbocycles. The Morgan fingerprint density at radius 3 is 2.75 bits per heavy atom. The van der Waals surface area contributed by atoms with Gasteiger partial charge in [-0.05, 0) is 50.9 Å². The van der Waals surface area contributed by atoms with Gasteiger partial charge in [0.25, 0.3) is 0 Å². The van der Waals surface area contributed by atoms with Crippen LogP contribution in [0.1, 0.15) is 45.1 Å². The molecule has 9 heteroatoms. The first kappa shape index (κ1) is 22.8. The normalized spacial score (nSPS) is 21.9. The number of rotatable bonds is 8. The Morgan fingerprint density at radius 2 is 2.07 bits per heavy atom. The van der Waals surface area contributed by atoms with Gasteiger partial charge < -0.3 is 10.6 Å². The molecule has 0 amide bonds. The molecule has 1 aliphatic carbocycles. The maximum atomic E-state index is 12.2. The Morgan fingerprint density at radius 1 is 1.29 bits per heavy atom. The third-order valence-electron chi connectivity index (χ3n) is 4.86. The van der Waals surface area contributed by atoms with Crippen molar-refractivity contribution in [3.8, 4) is 0 Å². The van der Waals surface area contributed by atoms with E-state index in [1.807, 2.05) is 19.9 Å². The molecule has 1 aliphatic rings. The zero-order chi connectivity index (χ0) is 20.6. The number of hydrogen-bond donors (Lipinski definition) is 3. The fraction of sp³-hybridized carbons (Fsp3) is 0.632. The Hall–Kier alpha value is -1.45. The molecule has 0 saturated heterocycles. The fourth-order valence-corrected chi connectivity index (χ4v) is 5.51. The molecule has 3 atom stereocenters. The molecular weight excluding hydrogens is 396 g/mol. The van der Waals surface area contributed by atoms with E-state index in [-0.39, 0.29) is 16.2 Å². The minimum atomic E-state index is -3.47. The summed E-state index contributed by atoms with van der Waals surface area (Å²) in [6.07, 6.45) is 4.02. The molecular formula is C19H32N4O3S2. The van der Waals surface area contributed by atoms with E-state index in [0.717, 1.165) is 37.8 Å². The molecule has 158 valence electrons. The summed E-state index contributed by atoms with van der Waals surface area (Å²) < 4.78 is 38.4. The lowest BCUT2D eigenvalue weighted by Crippen LogP contribution is -2.46. The van der Waals surface area contributed by atoms with Gasteiger partial charge >= 0.3 is 0 Å². The van der Waals surface area contributed by atoms with Crippen LogP contribution in [0.25, 0.3) is 0 Å². The van der Waals surface area contributed by atoms with Crippen LogP contribution in [0.4, 0.5) is 0 Å². The number of hydrogen-bond acceptors (Lipinski definition) is 4. The molecule has 28 heavy (non-hydrogen) atoms. The fourth-order valence-electron chi connectivity index (χ4n) is 3.36. The number of sulfonamides is 1. The highest BCUT2D eigenvalue weighted by Crippen LogP contribution is 2.23.